The van der Waals surface area contributed by atoms with E-state index in [1.165, 1.54) is 0 Å². The van der Waals surface area contributed by atoms with Crippen LogP contribution in [0.5, 0.6) is 0 Å². The summed E-state index contributed by atoms with van der Waals surface area (Å²) in [6, 6.07) is 6.10. The average molecular weight is 334 g/mol. The van der Waals surface area contributed by atoms with Crippen LogP contribution in [0, 0.1) is 6.92 Å². The number of hydrogen-bond donors (Lipinski definition) is 0. The summed E-state index contributed by atoms with van der Waals surface area (Å²) < 4.78 is 2.03. The molecule has 1 atom stereocenters. The van der Waals surface area contributed by atoms with Crippen molar-refractivity contribution in [1.29, 1.82) is 0 Å². The van der Waals surface area contributed by atoms with Gasteiger partial charge in [-0.05, 0) is 38.4 Å². The minimum absolute atomic E-state index is 0.378. The van der Waals surface area contributed by atoms with Gasteiger partial charge in [-0.1, -0.05) is 6.07 Å². The second-order valence-electron chi connectivity index (χ2n) is 6.50. The number of nitrogens with zero attached hydrogens (tertiary/aromatic N) is 6. The molecule has 25 heavy (non-hydrogen) atoms. The van der Waals surface area contributed by atoms with Gasteiger partial charge in [0.15, 0.2) is 5.82 Å². The maximum atomic E-state index is 4.69. The Morgan fingerprint density at radius 2 is 1.96 bits per heavy atom. The molecule has 1 fully saturated rings. The van der Waals surface area contributed by atoms with Crippen molar-refractivity contribution in [3.63, 3.8) is 0 Å². The number of imidazole rings is 1. The van der Waals surface area contributed by atoms with Gasteiger partial charge in [-0.25, -0.2) is 9.97 Å². The summed E-state index contributed by atoms with van der Waals surface area (Å²) in [5.74, 6) is 2.22. The summed E-state index contributed by atoms with van der Waals surface area (Å²) in [7, 11) is 0. The van der Waals surface area contributed by atoms with E-state index >= 15 is 0 Å². The van der Waals surface area contributed by atoms with E-state index in [1.54, 1.807) is 12.4 Å². The first kappa shape index (κ1) is 15.9. The van der Waals surface area contributed by atoms with E-state index in [-0.39, 0.29) is 0 Å². The number of hydrogen-bond acceptors (Lipinski definition) is 5. The molecule has 0 aliphatic carbocycles. The number of rotatable bonds is 4. The highest BCUT2D eigenvalue weighted by Crippen LogP contribution is 2.29. The topological polar surface area (TPSA) is 59.7 Å². The van der Waals surface area contributed by atoms with Gasteiger partial charge in [-0.2, -0.15) is 0 Å². The Bertz CT molecular complexity index is 829. The van der Waals surface area contributed by atoms with E-state index in [4.69, 9.17) is 0 Å². The summed E-state index contributed by atoms with van der Waals surface area (Å²) in [4.78, 5) is 20.5. The summed E-state index contributed by atoms with van der Waals surface area (Å²) in [6.07, 6.45) is 11.5. The van der Waals surface area contributed by atoms with E-state index in [0.717, 1.165) is 55.5 Å². The van der Waals surface area contributed by atoms with Gasteiger partial charge in [0, 0.05) is 50.0 Å². The Kier molecular flexibility index (Phi) is 4.52. The maximum absolute atomic E-state index is 4.69. The molecule has 1 saturated heterocycles. The lowest BCUT2D eigenvalue weighted by Crippen LogP contribution is -2.35. The molecule has 6 nitrogen and oxygen atoms in total. The second-order valence-corrected chi connectivity index (χ2v) is 6.50. The quantitative estimate of drug-likeness (QED) is 0.734. The lowest BCUT2D eigenvalue weighted by atomic mass is 9.94. The zero-order valence-electron chi connectivity index (χ0n) is 14.4. The molecule has 1 aliphatic rings. The first-order valence-electron chi connectivity index (χ1n) is 8.75. The van der Waals surface area contributed by atoms with Crippen molar-refractivity contribution in [2.75, 3.05) is 13.1 Å². The molecule has 0 amide bonds. The summed E-state index contributed by atoms with van der Waals surface area (Å²) >= 11 is 0. The molecular formula is C19H22N6. The van der Waals surface area contributed by atoms with Crippen LogP contribution in [-0.4, -0.2) is 42.5 Å². The molecule has 0 saturated carbocycles. The van der Waals surface area contributed by atoms with Gasteiger partial charge in [0.05, 0.1) is 11.4 Å². The van der Waals surface area contributed by atoms with E-state index in [9.17, 15) is 0 Å². The fraction of sp³-hybridized carbons (Fsp3) is 0.368. The van der Waals surface area contributed by atoms with Crippen molar-refractivity contribution in [2.45, 2.75) is 32.2 Å². The Hall–Kier alpha value is -2.60. The largest absolute Gasteiger partial charge is 0.297 e. The first-order chi connectivity index (χ1) is 12.3. The summed E-state index contributed by atoms with van der Waals surface area (Å²) in [5.41, 5.74) is 2.18. The van der Waals surface area contributed by atoms with Gasteiger partial charge >= 0.3 is 0 Å². The van der Waals surface area contributed by atoms with Crippen LogP contribution in [0.3, 0.4) is 0 Å². The Morgan fingerprint density at radius 1 is 1.04 bits per heavy atom. The first-order valence-corrected chi connectivity index (χ1v) is 8.75. The Balaban J connectivity index is 1.57. The van der Waals surface area contributed by atoms with Crippen molar-refractivity contribution in [3.05, 3.63) is 66.4 Å². The van der Waals surface area contributed by atoms with E-state index in [2.05, 4.69) is 30.9 Å². The highest BCUT2D eigenvalue weighted by Gasteiger charge is 2.26. The van der Waals surface area contributed by atoms with Gasteiger partial charge in [-0.15, -0.1) is 0 Å². The molecule has 0 bridgehead atoms. The zero-order valence-corrected chi connectivity index (χ0v) is 14.4. The van der Waals surface area contributed by atoms with E-state index < -0.39 is 0 Å². The third-order valence-corrected chi connectivity index (χ3v) is 4.76. The van der Waals surface area contributed by atoms with Crippen LogP contribution in [0.15, 0.2) is 49.2 Å². The van der Waals surface area contributed by atoms with Gasteiger partial charge in [-0.3, -0.25) is 19.4 Å². The number of pyridine rings is 1. The second kappa shape index (κ2) is 7.11. The summed E-state index contributed by atoms with van der Waals surface area (Å²) in [6.45, 7) is 4.96. The van der Waals surface area contributed by atoms with Crippen molar-refractivity contribution < 1.29 is 0 Å². The minimum Gasteiger partial charge on any atom is -0.297 e. The third-order valence-electron chi connectivity index (χ3n) is 4.76. The monoisotopic (exact) mass is 334 g/mol. The van der Waals surface area contributed by atoms with Crippen LogP contribution >= 0.6 is 0 Å². The molecule has 128 valence electrons. The van der Waals surface area contributed by atoms with Crippen LogP contribution in [0.4, 0.5) is 0 Å². The predicted molar refractivity (Wildman–Crippen MR) is 95.4 cm³/mol. The lowest BCUT2D eigenvalue weighted by molar-refractivity contribution is 0.196. The Morgan fingerprint density at radius 3 is 2.76 bits per heavy atom. The zero-order chi connectivity index (χ0) is 17.1. The molecule has 3 aromatic heterocycles. The van der Waals surface area contributed by atoms with Crippen molar-refractivity contribution in [1.82, 2.24) is 29.4 Å². The molecule has 6 heteroatoms. The number of likely N-dealkylation sites (tertiary alicyclic amines) is 1. The molecule has 0 aromatic carbocycles. The van der Waals surface area contributed by atoms with Gasteiger partial charge in [0.2, 0.25) is 0 Å². The highest BCUT2D eigenvalue weighted by atomic mass is 15.2. The molecule has 4 rings (SSSR count). The minimum atomic E-state index is 0.378. The van der Waals surface area contributed by atoms with Crippen LogP contribution in [0.1, 0.15) is 36.0 Å². The average Bonchev–Trinajstić information content (AvgIpc) is 3.09. The van der Waals surface area contributed by atoms with Crippen LogP contribution in [0.25, 0.3) is 5.82 Å². The Labute approximate surface area is 147 Å². The van der Waals surface area contributed by atoms with Crippen molar-refractivity contribution in [3.8, 4) is 5.82 Å². The summed E-state index contributed by atoms with van der Waals surface area (Å²) in [5, 5.41) is 0. The van der Waals surface area contributed by atoms with E-state index in [0.29, 0.717) is 5.92 Å². The van der Waals surface area contributed by atoms with E-state index in [1.807, 2.05) is 42.2 Å². The molecule has 4 heterocycles. The van der Waals surface area contributed by atoms with Crippen LogP contribution < -0.4 is 0 Å². The number of aryl methyl sites for hydroxylation is 1. The molecule has 3 aromatic rings. The van der Waals surface area contributed by atoms with Gasteiger partial charge in [0.25, 0.3) is 0 Å². The standard InChI is InChI=1S/C19H22N6/c1-15-20-10-12-25(15)19-18(22-8-9-23-19)16-5-4-11-24(13-16)14-17-6-2-3-7-21-17/h2-3,6-10,12,16H,4-5,11,13-14H2,1H3/t16-/m1/s1. The van der Waals surface area contributed by atoms with Gasteiger partial charge in [0.1, 0.15) is 5.82 Å². The number of aromatic nitrogens is 5. The maximum Gasteiger partial charge on any atom is 0.160 e. The van der Waals surface area contributed by atoms with Crippen molar-refractivity contribution >= 4 is 0 Å². The van der Waals surface area contributed by atoms with Crippen LogP contribution in [0.2, 0.25) is 0 Å². The number of piperidine rings is 1. The van der Waals surface area contributed by atoms with Crippen LogP contribution in [-0.2, 0) is 6.54 Å². The van der Waals surface area contributed by atoms with Crippen molar-refractivity contribution in [2.24, 2.45) is 0 Å². The molecule has 0 N–H and O–H groups in total. The fourth-order valence-electron chi connectivity index (χ4n) is 3.56. The third kappa shape index (κ3) is 3.44. The fourth-order valence-corrected chi connectivity index (χ4v) is 3.56. The molecule has 0 unspecified atom stereocenters. The SMILES string of the molecule is Cc1nccn1-c1nccnc1[C@@H]1CCCN(Cc2ccccn2)C1. The predicted octanol–water partition coefficient (Wildman–Crippen LogP) is 2.75. The molecular weight excluding hydrogens is 312 g/mol. The van der Waals surface area contributed by atoms with Gasteiger partial charge < -0.3 is 0 Å². The molecule has 0 radical (unpaired) electrons. The molecule has 1 aliphatic heterocycles. The smallest absolute Gasteiger partial charge is 0.160 e. The lowest BCUT2D eigenvalue weighted by Gasteiger charge is -2.32. The highest BCUT2D eigenvalue weighted by molar-refractivity contribution is 5.33. The normalized spacial score (nSPS) is 18.4. The molecule has 0 spiro atoms.